The topological polar surface area (TPSA) is 40.5 Å². The van der Waals surface area contributed by atoms with Crippen molar-refractivity contribution < 1.29 is 10.2 Å². The van der Waals surface area contributed by atoms with Crippen molar-refractivity contribution in [3.8, 4) is 0 Å². The predicted octanol–water partition coefficient (Wildman–Crippen LogP) is 3.17. The minimum absolute atomic E-state index is 0.334. The highest BCUT2D eigenvalue weighted by Crippen LogP contribution is 2.32. The van der Waals surface area contributed by atoms with Crippen LogP contribution in [-0.4, -0.2) is 16.3 Å². The zero-order valence-corrected chi connectivity index (χ0v) is 9.36. The maximum absolute atomic E-state index is 9.94. The Morgan fingerprint density at radius 2 is 1.53 bits per heavy atom. The molecule has 1 atom stereocenters. The van der Waals surface area contributed by atoms with Gasteiger partial charge in [0.25, 0.3) is 0 Å². The van der Waals surface area contributed by atoms with Crippen molar-refractivity contribution >= 4 is 0 Å². The Kier molecular flexibility index (Phi) is 3.68. The van der Waals surface area contributed by atoms with E-state index < -0.39 is 6.10 Å². The molecular weight excluding hydrogens is 188 g/mol. The van der Waals surface area contributed by atoms with Gasteiger partial charge >= 0.3 is 0 Å². The van der Waals surface area contributed by atoms with Crippen LogP contribution in [0.25, 0.3) is 0 Å². The molecule has 15 heavy (non-hydrogen) atoms. The summed E-state index contributed by atoms with van der Waals surface area (Å²) in [6, 6.07) is 0. The summed E-state index contributed by atoms with van der Waals surface area (Å²) in [5.41, 5.74) is 0. The lowest BCUT2D eigenvalue weighted by Crippen LogP contribution is -2.16. The van der Waals surface area contributed by atoms with E-state index in [1.165, 1.54) is 25.7 Å². The van der Waals surface area contributed by atoms with E-state index in [-0.39, 0.29) is 0 Å². The van der Waals surface area contributed by atoms with E-state index in [0.717, 1.165) is 25.7 Å². The fourth-order valence-corrected chi connectivity index (χ4v) is 2.97. The van der Waals surface area contributed by atoms with Gasteiger partial charge < -0.3 is 10.2 Å². The highest BCUT2D eigenvalue weighted by Gasteiger charge is 2.24. The zero-order chi connectivity index (χ0) is 10.7. The third kappa shape index (κ3) is 2.75. The van der Waals surface area contributed by atoms with Gasteiger partial charge in [0.05, 0.1) is 11.9 Å². The average Bonchev–Trinajstić information content (AvgIpc) is 2.91. The molecule has 2 fully saturated rings. The van der Waals surface area contributed by atoms with Gasteiger partial charge in [0, 0.05) is 5.92 Å². The number of aliphatic hydroxyl groups excluding tert-OH is 2. The van der Waals surface area contributed by atoms with Gasteiger partial charge in [0.15, 0.2) is 0 Å². The molecule has 2 N–H and O–H groups in total. The van der Waals surface area contributed by atoms with Gasteiger partial charge in [-0.05, 0) is 37.7 Å². The van der Waals surface area contributed by atoms with E-state index in [1.54, 1.807) is 6.08 Å². The number of rotatable bonds is 3. The van der Waals surface area contributed by atoms with Crippen molar-refractivity contribution in [2.45, 2.75) is 57.5 Å². The van der Waals surface area contributed by atoms with Crippen LogP contribution in [0.15, 0.2) is 11.8 Å². The van der Waals surface area contributed by atoms with Crippen LogP contribution in [0.2, 0.25) is 0 Å². The lowest BCUT2D eigenvalue weighted by molar-refractivity contribution is 0.149. The maximum Gasteiger partial charge on any atom is 0.0939 e. The monoisotopic (exact) mass is 210 g/mol. The second kappa shape index (κ2) is 5.02. The molecule has 1 unspecified atom stereocenters. The Labute approximate surface area is 92.0 Å². The SMILES string of the molecule is OC(=CC(O)C1CCCC1)C1CCCC1. The fraction of sp³-hybridized carbons (Fsp3) is 0.846. The van der Waals surface area contributed by atoms with Gasteiger partial charge in [0.1, 0.15) is 0 Å². The maximum atomic E-state index is 9.94. The van der Waals surface area contributed by atoms with Gasteiger partial charge in [-0.25, -0.2) is 0 Å². The third-order valence-electron chi connectivity index (χ3n) is 4.00. The summed E-state index contributed by atoms with van der Waals surface area (Å²) in [5, 5.41) is 19.8. The summed E-state index contributed by atoms with van der Waals surface area (Å²) in [6.45, 7) is 0. The molecule has 0 heterocycles. The normalized spacial score (nSPS) is 27.4. The molecule has 0 aromatic rings. The van der Waals surface area contributed by atoms with Crippen LogP contribution >= 0.6 is 0 Å². The van der Waals surface area contributed by atoms with Crippen molar-refractivity contribution in [1.82, 2.24) is 0 Å². The van der Waals surface area contributed by atoms with Crippen molar-refractivity contribution in [2.24, 2.45) is 11.8 Å². The van der Waals surface area contributed by atoms with Crippen LogP contribution in [0.5, 0.6) is 0 Å². The zero-order valence-electron chi connectivity index (χ0n) is 9.36. The van der Waals surface area contributed by atoms with Gasteiger partial charge in [-0.3, -0.25) is 0 Å². The quantitative estimate of drug-likeness (QED) is 0.702. The van der Waals surface area contributed by atoms with E-state index in [1.807, 2.05) is 0 Å². The van der Waals surface area contributed by atoms with E-state index in [9.17, 15) is 10.2 Å². The number of hydrogen-bond donors (Lipinski definition) is 2. The van der Waals surface area contributed by atoms with Crippen LogP contribution in [0.3, 0.4) is 0 Å². The minimum Gasteiger partial charge on any atom is -0.512 e. The van der Waals surface area contributed by atoms with Crippen LogP contribution in [-0.2, 0) is 0 Å². The molecule has 2 heteroatoms. The van der Waals surface area contributed by atoms with Crippen molar-refractivity contribution in [3.63, 3.8) is 0 Å². The molecule has 0 spiro atoms. The van der Waals surface area contributed by atoms with Gasteiger partial charge in [-0.1, -0.05) is 25.7 Å². The molecule has 2 aliphatic carbocycles. The number of allylic oxidation sites excluding steroid dienone is 1. The summed E-state index contributed by atoms with van der Waals surface area (Å²) < 4.78 is 0. The molecule has 0 amide bonds. The van der Waals surface area contributed by atoms with Crippen molar-refractivity contribution in [1.29, 1.82) is 0 Å². The fourth-order valence-electron chi connectivity index (χ4n) is 2.97. The number of hydrogen-bond acceptors (Lipinski definition) is 2. The van der Waals surface area contributed by atoms with E-state index in [0.29, 0.717) is 17.6 Å². The first kappa shape index (κ1) is 11.0. The summed E-state index contributed by atoms with van der Waals surface area (Å²) in [5.74, 6) is 1.18. The highest BCUT2D eigenvalue weighted by molar-refractivity contribution is 5.04. The molecule has 0 aliphatic heterocycles. The van der Waals surface area contributed by atoms with Gasteiger partial charge in [-0.2, -0.15) is 0 Å². The second-order valence-electron chi connectivity index (χ2n) is 5.11. The summed E-state index contributed by atoms with van der Waals surface area (Å²) >= 11 is 0. The van der Waals surface area contributed by atoms with E-state index >= 15 is 0 Å². The van der Waals surface area contributed by atoms with Crippen LogP contribution in [0.4, 0.5) is 0 Å². The van der Waals surface area contributed by atoms with Crippen LogP contribution in [0.1, 0.15) is 51.4 Å². The Morgan fingerprint density at radius 1 is 1.00 bits per heavy atom. The molecule has 0 saturated heterocycles. The first-order valence-corrected chi connectivity index (χ1v) is 6.36. The molecule has 0 aromatic heterocycles. The Morgan fingerprint density at radius 3 is 2.13 bits per heavy atom. The smallest absolute Gasteiger partial charge is 0.0939 e. The third-order valence-corrected chi connectivity index (χ3v) is 4.00. The Balaban J connectivity index is 1.89. The summed E-state index contributed by atoms with van der Waals surface area (Å²) in [4.78, 5) is 0. The predicted molar refractivity (Wildman–Crippen MR) is 60.6 cm³/mol. The minimum atomic E-state index is -0.409. The lowest BCUT2D eigenvalue weighted by Gasteiger charge is -2.16. The largest absolute Gasteiger partial charge is 0.512 e. The second-order valence-corrected chi connectivity index (χ2v) is 5.11. The first-order valence-electron chi connectivity index (χ1n) is 6.36. The highest BCUT2D eigenvalue weighted by atomic mass is 16.3. The molecule has 0 bridgehead atoms. The first-order chi connectivity index (χ1) is 7.27. The van der Waals surface area contributed by atoms with Crippen molar-refractivity contribution in [2.75, 3.05) is 0 Å². The molecule has 2 rings (SSSR count). The lowest BCUT2D eigenvalue weighted by atomic mass is 9.97. The molecule has 2 saturated carbocycles. The molecule has 86 valence electrons. The average molecular weight is 210 g/mol. The van der Waals surface area contributed by atoms with E-state index in [4.69, 9.17) is 0 Å². The summed E-state index contributed by atoms with van der Waals surface area (Å²) in [7, 11) is 0. The molecule has 0 radical (unpaired) electrons. The molecule has 2 aliphatic rings. The summed E-state index contributed by atoms with van der Waals surface area (Å²) in [6.07, 6.45) is 10.7. The molecule has 0 aromatic carbocycles. The number of aliphatic hydroxyl groups is 2. The Hall–Kier alpha value is -0.500. The van der Waals surface area contributed by atoms with E-state index in [2.05, 4.69) is 0 Å². The van der Waals surface area contributed by atoms with Gasteiger partial charge in [0.2, 0.25) is 0 Å². The van der Waals surface area contributed by atoms with Crippen LogP contribution in [0, 0.1) is 11.8 Å². The molecule has 2 nitrogen and oxygen atoms in total. The Bertz CT molecular complexity index is 223. The van der Waals surface area contributed by atoms with Crippen molar-refractivity contribution in [3.05, 3.63) is 11.8 Å². The molecular formula is C13H22O2. The van der Waals surface area contributed by atoms with Crippen LogP contribution < -0.4 is 0 Å². The standard InChI is InChI=1S/C13H22O2/c14-12(10-5-1-2-6-10)9-13(15)11-7-3-4-8-11/h9-12,14-15H,1-8H2. The van der Waals surface area contributed by atoms with Gasteiger partial charge in [-0.15, -0.1) is 0 Å².